The number of nitrogen functional groups attached to an aromatic ring is 1. The summed E-state index contributed by atoms with van der Waals surface area (Å²) in [5, 5.41) is 0.445. The van der Waals surface area contributed by atoms with E-state index < -0.39 is 7.60 Å². The Hall–Kier alpha value is -3.02. The van der Waals surface area contributed by atoms with Gasteiger partial charge in [-0.1, -0.05) is 50.2 Å². The summed E-state index contributed by atoms with van der Waals surface area (Å²) in [5.41, 5.74) is 7.31. The van der Waals surface area contributed by atoms with E-state index in [1.807, 2.05) is 12.1 Å². The van der Waals surface area contributed by atoms with Gasteiger partial charge in [-0.2, -0.15) is 0 Å². The Labute approximate surface area is 185 Å². The largest absolute Gasteiger partial charge is 0.498 e. The molecule has 6 nitrogen and oxygen atoms in total. The second kappa shape index (κ2) is 9.00. The minimum Gasteiger partial charge on any atom is -0.454 e. The van der Waals surface area contributed by atoms with Crippen LogP contribution in [0.3, 0.4) is 0 Å². The van der Waals surface area contributed by atoms with Crippen LogP contribution in [0, 0.1) is 5.92 Å². The van der Waals surface area contributed by atoms with Crippen molar-refractivity contribution in [2.24, 2.45) is 5.92 Å². The minimum absolute atomic E-state index is 0.0931. The van der Waals surface area contributed by atoms with Crippen molar-refractivity contribution in [3.63, 3.8) is 0 Å². The number of thiazole rings is 1. The van der Waals surface area contributed by atoms with E-state index in [1.165, 1.54) is 17.6 Å². The van der Waals surface area contributed by atoms with Crippen LogP contribution >= 0.6 is 18.9 Å². The first-order chi connectivity index (χ1) is 14.9. The van der Waals surface area contributed by atoms with Gasteiger partial charge >= 0.3 is 7.60 Å². The van der Waals surface area contributed by atoms with E-state index in [2.05, 4.69) is 18.8 Å². The van der Waals surface area contributed by atoms with Gasteiger partial charge in [0.25, 0.3) is 0 Å². The van der Waals surface area contributed by atoms with Crippen LogP contribution in [0.2, 0.25) is 0 Å². The van der Waals surface area contributed by atoms with Gasteiger partial charge in [-0.25, -0.2) is 9.55 Å². The molecular formula is C23H23N2O4PS. The summed E-state index contributed by atoms with van der Waals surface area (Å²) >= 11 is 1.42. The molecule has 2 N–H and O–H groups in total. The number of rotatable bonds is 8. The Bertz CT molecular complexity index is 1140. The molecule has 0 saturated carbocycles. The van der Waals surface area contributed by atoms with Crippen LogP contribution in [-0.4, -0.2) is 4.98 Å². The molecule has 0 unspecified atom stereocenters. The number of furan rings is 1. The topological polar surface area (TPSA) is 87.6 Å². The quantitative estimate of drug-likeness (QED) is 0.321. The molecule has 0 aliphatic carbocycles. The predicted molar refractivity (Wildman–Crippen MR) is 124 cm³/mol. The smallest absolute Gasteiger partial charge is 0.454 e. The van der Waals surface area contributed by atoms with E-state index in [0.29, 0.717) is 33.8 Å². The lowest BCUT2D eigenvalue weighted by atomic mass is 10.1. The first kappa shape index (κ1) is 21.2. The van der Waals surface area contributed by atoms with Crippen LogP contribution < -0.4 is 20.3 Å². The Morgan fingerprint density at radius 2 is 1.58 bits per heavy atom. The molecule has 0 aliphatic heterocycles. The molecular weight excluding hydrogens is 431 g/mol. The first-order valence-electron chi connectivity index (χ1n) is 9.87. The van der Waals surface area contributed by atoms with Crippen LogP contribution in [0.1, 0.15) is 18.7 Å². The van der Waals surface area contributed by atoms with Crippen molar-refractivity contribution in [1.82, 2.24) is 4.98 Å². The predicted octanol–water partition coefficient (Wildman–Crippen LogP) is 6.16. The highest BCUT2D eigenvalue weighted by Crippen LogP contribution is 2.50. The standard InChI is InChI=1S/C23H23N2O4PS/c1-16(2)15-20-21(25-23(24)31-20)19-13-14-27-22(19)30(26,28-17-9-5-3-6-10-17)29-18-11-7-4-8-12-18/h3-14,16H,15H2,1-2H3,(H2,24,25). The van der Waals surface area contributed by atoms with Crippen LogP contribution in [0.5, 0.6) is 11.5 Å². The second-order valence-corrected chi connectivity index (χ2v) is 10.2. The molecule has 8 heteroatoms. The monoisotopic (exact) mass is 454 g/mol. The third kappa shape index (κ3) is 4.84. The van der Waals surface area contributed by atoms with Crippen molar-refractivity contribution >= 4 is 29.6 Å². The van der Waals surface area contributed by atoms with Gasteiger partial charge in [0.2, 0.25) is 5.50 Å². The molecule has 0 saturated heterocycles. The van der Waals surface area contributed by atoms with E-state index in [9.17, 15) is 4.57 Å². The fraction of sp³-hybridized carbons (Fsp3) is 0.174. The zero-order chi connectivity index (χ0) is 21.8. The second-order valence-electron chi connectivity index (χ2n) is 7.37. The van der Waals surface area contributed by atoms with Crippen LogP contribution in [-0.2, 0) is 11.0 Å². The van der Waals surface area contributed by atoms with Gasteiger partial charge in [0, 0.05) is 4.88 Å². The number of hydrogen-bond donors (Lipinski definition) is 1. The van der Waals surface area contributed by atoms with E-state index in [-0.39, 0.29) is 5.50 Å². The highest BCUT2D eigenvalue weighted by Gasteiger charge is 2.39. The number of benzene rings is 2. The molecule has 2 heterocycles. The number of nitrogens with zero attached hydrogens (tertiary/aromatic N) is 1. The lowest BCUT2D eigenvalue weighted by molar-refractivity contribution is 0.389. The Morgan fingerprint density at radius 1 is 1.00 bits per heavy atom. The summed E-state index contributed by atoms with van der Waals surface area (Å²) in [6.07, 6.45) is 2.26. The number of aromatic nitrogens is 1. The van der Waals surface area contributed by atoms with Crippen molar-refractivity contribution in [2.45, 2.75) is 20.3 Å². The minimum atomic E-state index is -3.96. The molecule has 2 aromatic carbocycles. The summed E-state index contributed by atoms with van der Waals surface area (Å²) in [6.45, 7) is 4.25. The first-order valence-corrected chi connectivity index (χ1v) is 12.2. The lowest BCUT2D eigenvalue weighted by Gasteiger charge is -2.19. The number of hydrogen-bond acceptors (Lipinski definition) is 7. The molecule has 0 atom stereocenters. The normalized spacial score (nSPS) is 11.6. The number of anilines is 1. The van der Waals surface area contributed by atoms with Crippen molar-refractivity contribution in [2.75, 3.05) is 5.73 Å². The molecule has 0 amide bonds. The summed E-state index contributed by atoms with van der Waals surface area (Å²) in [7, 11) is -3.96. The van der Waals surface area contributed by atoms with E-state index >= 15 is 0 Å². The Kier molecular flexibility index (Phi) is 6.16. The van der Waals surface area contributed by atoms with Crippen molar-refractivity contribution in [3.8, 4) is 22.8 Å². The third-order valence-electron chi connectivity index (χ3n) is 4.39. The molecule has 31 heavy (non-hydrogen) atoms. The van der Waals surface area contributed by atoms with Crippen LogP contribution in [0.25, 0.3) is 11.3 Å². The fourth-order valence-corrected chi connectivity index (χ4v) is 5.85. The van der Waals surface area contributed by atoms with Gasteiger partial charge in [-0.3, -0.25) is 0 Å². The Balaban J connectivity index is 1.81. The molecule has 160 valence electrons. The highest BCUT2D eigenvalue weighted by molar-refractivity contribution is 7.62. The van der Waals surface area contributed by atoms with Crippen molar-refractivity contribution < 1.29 is 18.0 Å². The average Bonchev–Trinajstić information content (AvgIpc) is 3.36. The molecule has 4 aromatic rings. The summed E-state index contributed by atoms with van der Waals surface area (Å²) in [4.78, 5) is 5.50. The molecule has 4 rings (SSSR count). The maximum atomic E-state index is 14.2. The summed E-state index contributed by atoms with van der Waals surface area (Å²) in [6, 6.07) is 19.5. The summed E-state index contributed by atoms with van der Waals surface area (Å²) in [5.74, 6) is 1.22. The SMILES string of the molecule is CC(C)Cc1sc(N)nc1-c1ccoc1P(=O)(Oc1ccccc1)Oc1ccccc1. The zero-order valence-electron chi connectivity index (χ0n) is 17.2. The van der Waals surface area contributed by atoms with Crippen molar-refractivity contribution in [1.29, 1.82) is 0 Å². The van der Waals surface area contributed by atoms with Crippen molar-refractivity contribution in [3.05, 3.63) is 77.9 Å². The van der Waals surface area contributed by atoms with E-state index in [0.717, 1.165) is 11.3 Å². The molecule has 2 aromatic heterocycles. The number of para-hydroxylation sites is 2. The van der Waals surface area contributed by atoms with E-state index in [4.69, 9.17) is 19.2 Å². The van der Waals surface area contributed by atoms with Gasteiger partial charge in [0.05, 0.1) is 17.5 Å². The van der Waals surface area contributed by atoms with Gasteiger partial charge in [0.15, 0.2) is 5.13 Å². The van der Waals surface area contributed by atoms with Gasteiger partial charge in [-0.05, 0) is 42.7 Å². The van der Waals surface area contributed by atoms with Crippen LogP contribution in [0.15, 0.2) is 77.4 Å². The van der Waals surface area contributed by atoms with Gasteiger partial charge in [-0.15, -0.1) is 11.3 Å². The Morgan fingerprint density at radius 3 is 2.13 bits per heavy atom. The number of nitrogens with two attached hydrogens (primary N) is 1. The molecule has 0 spiro atoms. The average molecular weight is 454 g/mol. The van der Waals surface area contributed by atoms with Gasteiger partial charge < -0.3 is 19.2 Å². The maximum Gasteiger partial charge on any atom is 0.498 e. The highest BCUT2D eigenvalue weighted by atomic mass is 32.1. The fourth-order valence-electron chi connectivity index (χ4n) is 3.12. The lowest BCUT2D eigenvalue weighted by Crippen LogP contribution is -2.16. The summed E-state index contributed by atoms with van der Waals surface area (Å²) < 4.78 is 31.7. The molecule has 0 bridgehead atoms. The molecule has 0 aliphatic rings. The van der Waals surface area contributed by atoms with Gasteiger partial charge in [0.1, 0.15) is 11.5 Å². The zero-order valence-corrected chi connectivity index (χ0v) is 18.9. The maximum absolute atomic E-state index is 14.2. The molecule has 0 radical (unpaired) electrons. The van der Waals surface area contributed by atoms with E-state index in [1.54, 1.807) is 54.6 Å². The molecule has 0 fully saturated rings. The third-order valence-corrected chi connectivity index (χ3v) is 7.05. The van der Waals surface area contributed by atoms with Crippen LogP contribution in [0.4, 0.5) is 5.13 Å².